The second-order valence-electron chi connectivity index (χ2n) is 10.7. The van der Waals surface area contributed by atoms with Crippen molar-refractivity contribution < 1.29 is 9.05 Å². The zero-order valence-corrected chi connectivity index (χ0v) is 21.3. The van der Waals surface area contributed by atoms with E-state index in [-0.39, 0.29) is 11.8 Å². The number of nitrogens with zero attached hydrogens (tertiary/aromatic N) is 6. The molecule has 0 spiro atoms. The third-order valence-electron chi connectivity index (χ3n) is 7.33. The largest absolute Gasteiger partial charge is 0.360 e. The third kappa shape index (κ3) is 4.02. The van der Waals surface area contributed by atoms with Crippen LogP contribution in [0.4, 0.5) is 0 Å². The Balaban J connectivity index is 1.35. The molecule has 4 aromatic heterocycles. The number of hydrogen-bond acceptors (Lipinski definition) is 6. The standard InChI is InChI=1S/C27H34N6O2/c1-6-33-20(12-21(29-33)23-24(15(2)3)30-35-27(23)18-9-10-18)11-16(4)25-22(19-13-28-32(5)14-19)26(34-31-25)17-7-8-17/h12-18H,6-11H2,1-5H3. The molecule has 0 aromatic carbocycles. The zero-order valence-electron chi connectivity index (χ0n) is 21.3. The van der Waals surface area contributed by atoms with Gasteiger partial charge >= 0.3 is 0 Å². The molecule has 35 heavy (non-hydrogen) atoms. The molecule has 2 aliphatic carbocycles. The molecule has 4 aromatic rings. The van der Waals surface area contributed by atoms with Gasteiger partial charge in [0.2, 0.25) is 0 Å². The molecule has 2 fully saturated rings. The maximum atomic E-state index is 5.92. The van der Waals surface area contributed by atoms with Gasteiger partial charge in [0.1, 0.15) is 11.5 Å². The van der Waals surface area contributed by atoms with Gasteiger partial charge in [0.05, 0.1) is 34.4 Å². The van der Waals surface area contributed by atoms with Gasteiger partial charge in [0.15, 0.2) is 0 Å². The quantitative estimate of drug-likeness (QED) is 0.288. The molecule has 0 amide bonds. The van der Waals surface area contributed by atoms with Gasteiger partial charge in [-0.1, -0.05) is 31.1 Å². The second-order valence-corrected chi connectivity index (χ2v) is 10.7. The predicted octanol–water partition coefficient (Wildman–Crippen LogP) is 6.17. The first-order valence-corrected chi connectivity index (χ1v) is 13.0. The van der Waals surface area contributed by atoms with Crippen LogP contribution in [0.15, 0.2) is 27.5 Å². The van der Waals surface area contributed by atoms with Crippen molar-refractivity contribution in [2.75, 3.05) is 0 Å². The second kappa shape index (κ2) is 8.50. The summed E-state index contributed by atoms with van der Waals surface area (Å²) in [6.07, 6.45) is 9.48. The van der Waals surface area contributed by atoms with E-state index in [0.29, 0.717) is 11.8 Å². The van der Waals surface area contributed by atoms with E-state index < -0.39 is 0 Å². The van der Waals surface area contributed by atoms with Crippen molar-refractivity contribution in [3.8, 4) is 22.4 Å². The highest BCUT2D eigenvalue weighted by molar-refractivity contribution is 5.69. The maximum absolute atomic E-state index is 5.92. The van der Waals surface area contributed by atoms with Crippen LogP contribution in [0.2, 0.25) is 0 Å². The Bertz CT molecular complexity index is 1330. The lowest BCUT2D eigenvalue weighted by molar-refractivity contribution is 0.374. The summed E-state index contributed by atoms with van der Waals surface area (Å²) < 4.78 is 15.7. The lowest BCUT2D eigenvalue weighted by Gasteiger charge is -2.11. The van der Waals surface area contributed by atoms with Crippen LogP contribution in [0.5, 0.6) is 0 Å². The molecule has 0 bridgehead atoms. The summed E-state index contributed by atoms with van der Waals surface area (Å²) in [6.45, 7) is 9.52. The molecule has 1 atom stereocenters. The van der Waals surface area contributed by atoms with Gasteiger partial charge in [-0.15, -0.1) is 0 Å². The summed E-state index contributed by atoms with van der Waals surface area (Å²) in [6, 6.07) is 2.23. The van der Waals surface area contributed by atoms with E-state index in [1.807, 2.05) is 17.9 Å². The summed E-state index contributed by atoms with van der Waals surface area (Å²) in [5.41, 5.74) is 7.52. The molecule has 1 unspecified atom stereocenters. The first-order chi connectivity index (χ1) is 16.9. The fourth-order valence-electron chi connectivity index (χ4n) is 5.13. The van der Waals surface area contributed by atoms with Gasteiger partial charge < -0.3 is 9.05 Å². The van der Waals surface area contributed by atoms with E-state index in [0.717, 1.165) is 58.3 Å². The van der Waals surface area contributed by atoms with Crippen LogP contribution < -0.4 is 0 Å². The Morgan fingerprint density at radius 3 is 2.20 bits per heavy atom. The molecule has 184 valence electrons. The van der Waals surface area contributed by atoms with Crippen molar-refractivity contribution in [3.63, 3.8) is 0 Å². The summed E-state index contributed by atoms with van der Waals surface area (Å²) >= 11 is 0. The van der Waals surface area contributed by atoms with Crippen molar-refractivity contribution in [1.29, 1.82) is 0 Å². The molecule has 2 saturated carbocycles. The summed E-state index contributed by atoms with van der Waals surface area (Å²) in [7, 11) is 1.95. The van der Waals surface area contributed by atoms with Crippen LogP contribution in [0.1, 0.15) is 106 Å². The highest BCUT2D eigenvalue weighted by Gasteiger charge is 2.36. The Hall–Kier alpha value is -3.16. The lowest BCUT2D eigenvalue weighted by Crippen LogP contribution is -2.08. The minimum Gasteiger partial charge on any atom is -0.360 e. The molecule has 4 heterocycles. The van der Waals surface area contributed by atoms with Gasteiger partial charge in [-0.3, -0.25) is 9.36 Å². The minimum absolute atomic E-state index is 0.172. The van der Waals surface area contributed by atoms with Gasteiger partial charge in [-0.25, -0.2) is 0 Å². The van der Waals surface area contributed by atoms with E-state index in [2.05, 4.69) is 60.1 Å². The minimum atomic E-state index is 0.172. The van der Waals surface area contributed by atoms with Gasteiger partial charge in [-0.05, 0) is 51.0 Å². The van der Waals surface area contributed by atoms with Crippen LogP contribution in [-0.2, 0) is 20.0 Å². The Labute approximate surface area is 205 Å². The number of aryl methyl sites for hydroxylation is 2. The SMILES string of the molecule is CCn1nc(-c2c(C(C)C)noc2C2CC2)cc1CC(C)c1noc(C2CC2)c1-c1cnn(C)c1. The third-order valence-corrected chi connectivity index (χ3v) is 7.33. The number of aromatic nitrogens is 6. The molecular weight excluding hydrogens is 440 g/mol. The van der Waals surface area contributed by atoms with E-state index >= 15 is 0 Å². The van der Waals surface area contributed by atoms with E-state index in [1.54, 1.807) is 0 Å². The van der Waals surface area contributed by atoms with E-state index in [4.69, 9.17) is 14.1 Å². The summed E-state index contributed by atoms with van der Waals surface area (Å²) in [5, 5.41) is 18.5. The Morgan fingerprint density at radius 2 is 1.63 bits per heavy atom. The fourth-order valence-corrected chi connectivity index (χ4v) is 5.13. The van der Waals surface area contributed by atoms with Gasteiger partial charge in [0.25, 0.3) is 0 Å². The van der Waals surface area contributed by atoms with Crippen molar-refractivity contribution in [2.24, 2.45) is 7.05 Å². The molecule has 6 rings (SSSR count). The van der Waals surface area contributed by atoms with Crippen LogP contribution in [0.25, 0.3) is 22.4 Å². The number of rotatable bonds is 9. The maximum Gasteiger partial charge on any atom is 0.149 e. The first kappa shape index (κ1) is 22.3. The van der Waals surface area contributed by atoms with Gasteiger partial charge in [0, 0.05) is 48.8 Å². The van der Waals surface area contributed by atoms with Crippen LogP contribution in [0, 0.1) is 0 Å². The topological polar surface area (TPSA) is 87.7 Å². The summed E-state index contributed by atoms with van der Waals surface area (Å²) in [5.74, 6) is 3.45. The molecule has 0 N–H and O–H groups in total. The Kier molecular flexibility index (Phi) is 5.42. The van der Waals surface area contributed by atoms with Crippen molar-refractivity contribution in [2.45, 2.75) is 90.0 Å². The lowest BCUT2D eigenvalue weighted by atomic mass is 9.93. The molecule has 8 nitrogen and oxygen atoms in total. The normalized spacial score (nSPS) is 17.0. The van der Waals surface area contributed by atoms with Crippen molar-refractivity contribution in [1.82, 2.24) is 29.9 Å². The molecule has 0 aliphatic heterocycles. The molecular formula is C27H34N6O2. The monoisotopic (exact) mass is 474 g/mol. The van der Waals surface area contributed by atoms with Crippen LogP contribution in [0.3, 0.4) is 0 Å². The molecule has 0 saturated heterocycles. The zero-order chi connectivity index (χ0) is 24.3. The predicted molar refractivity (Wildman–Crippen MR) is 132 cm³/mol. The van der Waals surface area contributed by atoms with Gasteiger partial charge in [-0.2, -0.15) is 10.2 Å². The van der Waals surface area contributed by atoms with E-state index in [1.165, 1.54) is 31.4 Å². The van der Waals surface area contributed by atoms with Crippen molar-refractivity contribution in [3.05, 3.63) is 47.1 Å². The molecule has 0 radical (unpaired) electrons. The number of hydrogen-bond donors (Lipinski definition) is 0. The van der Waals surface area contributed by atoms with Crippen molar-refractivity contribution >= 4 is 0 Å². The van der Waals surface area contributed by atoms with E-state index in [9.17, 15) is 0 Å². The highest BCUT2D eigenvalue weighted by atomic mass is 16.5. The average Bonchev–Trinajstić information content (AvgIpc) is 3.66. The Morgan fingerprint density at radius 1 is 0.971 bits per heavy atom. The van der Waals surface area contributed by atoms with Crippen LogP contribution >= 0.6 is 0 Å². The first-order valence-electron chi connectivity index (χ1n) is 13.0. The smallest absolute Gasteiger partial charge is 0.149 e. The van der Waals surface area contributed by atoms with Crippen LogP contribution in [-0.4, -0.2) is 29.9 Å². The molecule has 8 heteroatoms. The fraction of sp³-hybridized carbons (Fsp3) is 0.556. The molecule has 2 aliphatic rings. The summed E-state index contributed by atoms with van der Waals surface area (Å²) in [4.78, 5) is 0. The average molecular weight is 475 g/mol. The highest BCUT2D eigenvalue weighted by Crippen LogP contribution is 2.48.